The Morgan fingerprint density at radius 2 is 1.84 bits per heavy atom. The van der Waals surface area contributed by atoms with Crippen molar-refractivity contribution in [2.75, 3.05) is 30.9 Å². The first-order valence-corrected chi connectivity index (χ1v) is 12.9. The summed E-state index contributed by atoms with van der Waals surface area (Å²) in [6.45, 7) is 0.481. The lowest BCUT2D eigenvalue weighted by Crippen LogP contribution is -2.35. The van der Waals surface area contributed by atoms with Gasteiger partial charge in [0.25, 0.3) is 0 Å². The van der Waals surface area contributed by atoms with Crippen molar-refractivity contribution in [2.24, 2.45) is 5.92 Å². The van der Waals surface area contributed by atoms with Gasteiger partial charge in [-0.3, -0.25) is 4.79 Å². The SMILES string of the molecule is CN(C)c1nc(N[C@H]2CC[C@@H](CNC(=O)Cc3ccc(Br)cc3OC(F)(F)F)CC2)nc2ccccc12. The number of carbonyl (C=O) groups is 1. The number of halogens is 4. The first-order chi connectivity index (χ1) is 17.6. The van der Waals surface area contributed by atoms with Crippen molar-refractivity contribution in [1.29, 1.82) is 0 Å². The molecule has 0 atom stereocenters. The number of ether oxygens (including phenoxy) is 1. The van der Waals surface area contributed by atoms with Crippen LogP contribution in [0.5, 0.6) is 5.75 Å². The van der Waals surface area contributed by atoms with Crippen LogP contribution in [0, 0.1) is 5.92 Å². The van der Waals surface area contributed by atoms with Gasteiger partial charge in [0.2, 0.25) is 11.9 Å². The number of anilines is 2. The highest BCUT2D eigenvalue weighted by Crippen LogP contribution is 2.31. The maximum absolute atomic E-state index is 12.7. The summed E-state index contributed by atoms with van der Waals surface area (Å²) in [5.41, 5.74) is 1.06. The van der Waals surface area contributed by atoms with E-state index in [2.05, 4.69) is 36.3 Å². The molecule has 37 heavy (non-hydrogen) atoms. The quantitative estimate of drug-likeness (QED) is 0.357. The Balaban J connectivity index is 1.28. The number of amides is 1. The Kier molecular flexibility index (Phi) is 8.41. The van der Waals surface area contributed by atoms with Gasteiger partial charge in [-0.15, -0.1) is 13.2 Å². The Hall–Kier alpha value is -3.08. The zero-order chi connectivity index (χ0) is 26.6. The molecule has 1 aliphatic carbocycles. The summed E-state index contributed by atoms with van der Waals surface area (Å²) in [5.74, 6) is 1.05. The summed E-state index contributed by atoms with van der Waals surface area (Å²) >= 11 is 3.14. The Morgan fingerprint density at radius 3 is 2.54 bits per heavy atom. The summed E-state index contributed by atoms with van der Waals surface area (Å²) in [6.07, 6.45) is -1.39. The van der Waals surface area contributed by atoms with Crippen LogP contribution >= 0.6 is 15.9 Å². The van der Waals surface area contributed by atoms with Gasteiger partial charge >= 0.3 is 6.36 Å². The normalized spacial score (nSPS) is 17.9. The molecule has 1 heterocycles. The topological polar surface area (TPSA) is 79.4 Å². The summed E-state index contributed by atoms with van der Waals surface area (Å²) < 4.78 is 42.7. The van der Waals surface area contributed by atoms with Crippen molar-refractivity contribution >= 4 is 44.5 Å². The number of hydrogen-bond acceptors (Lipinski definition) is 6. The number of hydrogen-bond donors (Lipinski definition) is 2. The highest BCUT2D eigenvalue weighted by Gasteiger charge is 2.32. The summed E-state index contributed by atoms with van der Waals surface area (Å²) in [4.78, 5) is 23.8. The van der Waals surface area contributed by atoms with Crippen molar-refractivity contribution in [3.8, 4) is 5.75 Å². The lowest BCUT2D eigenvalue weighted by Gasteiger charge is -2.29. The third-order valence-electron chi connectivity index (χ3n) is 6.38. The molecule has 198 valence electrons. The van der Waals surface area contributed by atoms with Crippen LogP contribution in [-0.4, -0.2) is 48.9 Å². The van der Waals surface area contributed by atoms with E-state index >= 15 is 0 Å². The van der Waals surface area contributed by atoms with Crippen molar-refractivity contribution in [2.45, 2.75) is 44.5 Å². The van der Waals surface area contributed by atoms with E-state index in [0.717, 1.165) is 42.4 Å². The number of para-hydroxylation sites is 1. The predicted molar refractivity (Wildman–Crippen MR) is 141 cm³/mol. The molecule has 1 aliphatic rings. The van der Waals surface area contributed by atoms with E-state index in [4.69, 9.17) is 4.98 Å². The molecule has 11 heteroatoms. The molecule has 1 fully saturated rings. The molecule has 1 aromatic heterocycles. The standard InChI is InChI=1S/C26H29BrF3N5O2/c1-35(2)24-20-5-3-4-6-21(20)33-25(34-24)32-19-11-7-16(8-12-19)15-31-23(36)13-17-9-10-18(27)14-22(17)37-26(28,29)30/h3-6,9-10,14,16,19H,7-8,11-13,15H2,1-2H3,(H,31,36)(H,32,33,34)/t16-,19+. The zero-order valence-corrected chi connectivity index (χ0v) is 22.2. The van der Waals surface area contributed by atoms with Crippen LogP contribution in [0.2, 0.25) is 0 Å². The second kappa shape index (κ2) is 11.5. The smallest absolute Gasteiger partial charge is 0.405 e. The van der Waals surface area contributed by atoms with Gasteiger partial charge in [-0.1, -0.05) is 34.1 Å². The maximum Gasteiger partial charge on any atom is 0.573 e. The van der Waals surface area contributed by atoms with Crippen molar-refractivity contribution in [3.05, 3.63) is 52.5 Å². The molecule has 0 radical (unpaired) electrons. The second-order valence-corrected chi connectivity index (χ2v) is 10.3. The minimum atomic E-state index is -4.83. The first-order valence-electron chi connectivity index (χ1n) is 12.1. The molecular formula is C26H29BrF3N5O2. The molecule has 7 nitrogen and oxygen atoms in total. The lowest BCUT2D eigenvalue weighted by atomic mass is 9.86. The zero-order valence-electron chi connectivity index (χ0n) is 20.6. The van der Waals surface area contributed by atoms with E-state index in [9.17, 15) is 18.0 Å². The van der Waals surface area contributed by atoms with E-state index in [1.807, 2.05) is 43.3 Å². The molecule has 0 bridgehead atoms. The van der Waals surface area contributed by atoms with Crippen LogP contribution in [0.4, 0.5) is 24.9 Å². The number of rotatable bonds is 8. The molecule has 1 saturated carbocycles. The van der Waals surface area contributed by atoms with Gasteiger partial charge in [0.1, 0.15) is 11.6 Å². The van der Waals surface area contributed by atoms with Crippen LogP contribution in [0.3, 0.4) is 0 Å². The summed E-state index contributed by atoms with van der Waals surface area (Å²) in [5, 5.41) is 7.34. The van der Waals surface area contributed by atoms with E-state index in [1.165, 1.54) is 12.1 Å². The molecule has 3 aromatic rings. The van der Waals surface area contributed by atoms with Crippen molar-refractivity contribution in [3.63, 3.8) is 0 Å². The molecule has 2 aromatic carbocycles. The number of carbonyl (C=O) groups excluding carboxylic acids is 1. The molecule has 0 aliphatic heterocycles. The van der Waals surface area contributed by atoms with Crippen LogP contribution in [0.15, 0.2) is 46.9 Å². The van der Waals surface area contributed by atoms with E-state index < -0.39 is 6.36 Å². The molecule has 1 amide bonds. The lowest BCUT2D eigenvalue weighted by molar-refractivity contribution is -0.274. The van der Waals surface area contributed by atoms with Gasteiger partial charge in [-0.2, -0.15) is 4.98 Å². The van der Waals surface area contributed by atoms with Crippen LogP contribution in [-0.2, 0) is 11.2 Å². The first kappa shape index (κ1) is 27.0. The van der Waals surface area contributed by atoms with E-state index in [-0.39, 0.29) is 29.7 Å². The van der Waals surface area contributed by atoms with Crippen LogP contribution in [0.25, 0.3) is 10.9 Å². The molecule has 0 spiro atoms. The van der Waals surface area contributed by atoms with E-state index in [1.54, 1.807) is 6.07 Å². The minimum absolute atomic E-state index is 0.179. The van der Waals surface area contributed by atoms with Gasteiger partial charge in [0, 0.05) is 42.1 Å². The van der Waals surface area contributed by atoms with Crippen molar-refractivity contribution < 1.29 is 22.7 Å². The molecule has 4 rings (SSSR count). The fourth-order valence-electron chi connectivity index (χ4n) is 4.55. The number of fused-ring (bicyclic) bond motifs is 1. The number of nitrogens with one attached hydrogen (secondary N) is 2. The van der Waals surface area contributed by atoms with Gasteiger partial charge in [-0.05, 0) is 55.9 Å². The molecule has 2 N–H and O–H groups in total. The maximum atomic E-state index is 12.7. The number of benzene rings is 2. The number of aromatic nitrogens is 2. The van der Waals surface area contributed by atoms with Crippen LogP contribution in [0.1, 0.15) is 31.2 Å². The largest absolute Gasteiger partial charge is 0.573 e. The van der Waals surface area contributed by atoms with Gasteiger partial charge in [0.15, 0.2) is 0 Å². The second-order valence-electron chi connectivity index (χ2n) is 9.43. The van der Waals surface area contributed by atoms with Gasteiger partial charge in [-0.25, -0.2) is 4.98 Å². The molecule has 0 unspecified atom stereocenters. The van der Waals surface area contributed by atoms with Crippen molar-refractivity contribution in [1.82, 2.24) is 15.3 Å². The number of nitrogens with zero attached hydrogens (tertiary/aromatic N) is 3. The monoisotopic (exact) mass is 579 g/mol. The Labute approximate surface area is 221 Å². The molecular weight excluding hydrogens is 551 g/mol. The van der Waals surface area contributed by atoms with E-state index in [0.29, 0.717) is 22.9 Å². The summed E-state index contributed by atoms with van der Waals surface area (Å²) in [7, 11) is 3.91. The Bertz CT molecular complexity index is 1250. The highest BCUT2D eigenvalue weighted by atomic mass is 79.9. The fourth-order valence-corrected chi connectivity index (χ4v) is 4.89. The molecule has 0 saturated heterocycles. The predicted octanol–water partition coefficient (Wildman–Crippen LogP) is 5.69. The third-order valence-corrected chi connectivity index (χ3v) is 6.87. The third kappa shape index (κ3) is 7.47. The summed E-state index contributed by atoms with van der Waals surface area (Å²) in [6, 6.07) is 12.4. The van der Waals surface area contributed by atoms with Gasteiger partial charge < -0.3 is 20.3 Å². The number of alkyl halides is 3. The van der Waals surface area contributed by atoms with Gasteiger partial charge in [0.05, 0.1) is 11.9 Å². The average Bonchev–Trinajstić information content (AvgIpc) is 2.84. The highest BCUT2D eigenvalue weighted by molar-refractivity contribution is 9.10. The fraction of sp³-hybridized carbons (Fsp3) is 0.423. The average molecular weight is 580 g/mol. The minimum Gasteiger partial charge on any atom is -0.405 e. The Morgan fingerprint density at radius 1 is 1.11 bits per heavy atom. The van der Waals surface area contributed by atoms with Crippen LogP contribution < -0.4 is 20.3 Å².